The lowest BCUT2D eigenvalue weighted by molar-refractivity contribution is 0.0725. The van der Waals surface area contributed by atoms with Crippen LogP contribution in [0.1, 0.15) is 40.7 Å². The molecule has 2 aromatic rings. The molecule has 162 valence electrons. The van der Waals surface area contributed by atoms with Crippen LogP contribution < -0.4 is 4.90 Å². The van der Waals surface area contributed by atoms with Crippen molar-refractivity contribution in [2.45, 2.75) is 37.3 Å². The zero-order chi connectivity index (χ0) is 21.3. The summed E-state index contributed by atoms with van der Waals surface area (Å²) in [5, 5.41) is 1.69. The Labute approximate surface area is 183 Å². The molecule has 2 aliphatic rings. The maximum absolute atomic E-state index is 13.2. The largest absolute Gasteiger partial charge is 0.369 e. The minimum Gasteiger partial charge on any atom is -0.369 e. The number of hydrogen-bond donors (Lipinski definition) is 0. The van der Waals surface area contributed by atoms with Gasteiger partial charge in [-0.15, -0.1) is 11.3 Å². The third-order valence-electron chi connectivity index (χ3n) is 6.22. The summed E-state index contributed by atoms with van der Waals surface area (Å²) >= 11 is 1.15. The van der Waals surface area contributed by atoms with Crippen molar-refractivity contribution in [3.63, 3.8) is 0 Å². The van der Waals surface area contributed by atoms with E-state index in [1.165, 1.54) is 16.8 Å². The average Bonchev–Trinajstić information content (AvgIpc) is 3.27. The second kappa shape index (κ2) is 8.69. The van der Waals surface area contributed by atoms with Crippen molar-refractivity contribution in [3.8, 4) is 0 Å². The first-order valence-corrected chi connectivity index (χ1v) is 12.9. The maximum Gasteiger partial charge on any atom is 0.254 e. The normalized spacial score (nSPS) is 18.6. The first-order chi connectivity index (χ1) is 14.4. The first-order valence-electron chi connectivity index (χ1n) is 10.6. The molecule has 0 N–H and O–H groups in total. The molecule has 8 heteroatoms. The van der Waals surface area contributed by atoms with Crippen LogP contribution in [0.5, 0.6) is 0 Å². The van der Waals surface area contributed by atoms with E-state index in [4.69, 9.17) is 0 Å². The minimum absolute atomic E-state index is 0.0489. The van der Waals surface area contributed by atoms with Gasteiger partial charge in [0.1, 0.15) is 4.21 Å². The number of amides is 1. The highest BCUT2D eigenvalue weighted by molar-refractivity contribution is 7.91. The van der Waals surface area contributed by atoms with Gasteiger partial charge in [0.05, 0.1) is 5.56 Å². The number of anilines is 1. The van der Waals surface area contributed by atoms with E-state index in [0.717, 1.165) is 43.7 Å². The number of carbonyl (C=O) groups is 1. The fourth-order valence-corrected chi connectivity index (χ4v) is 6.95. The van der Waals surface area contributed by atoms with Crippen molar-refractivity contribution >= 4 is 33.0 Å². The van der Waals surface area contributed by atoms with Gasteiger partial charge in [0.25, 0.3) is 15.9 Å². The first kappa shape index (κ1) is 21.3. The fraction of sp³-hybridized carbons (Fsp3) is 0.500. The second-order valence-corrected chi connectivity index (χ2v) is 11.2. The van der Waals surface area contributed by atoms with Gasteiger partial charge in [-0.25, -0.2) is 8.42 Å². The number of rotatable bonds is 4. The minimum atomic E-state index is -3.57. The number of piperazine rings is 1. The van der Waals surface area contributed by atoms with E-state index >= 15 is 0 Å². The summed E-state index contributed by atoms with van der Waals surface area (Å²) in [5.41, 5.74) is 4.16. The Morgan fingerprint density at radius 2 is 1.67 bits per heavy atom. The summed E-state index contributed by atoms with van der Waals surface area (Å²) in [7, 11) is -3.57. The van der Waals surface area contributed by atoms with Gasteiger partial charge in [0.15, 0.2) is 0 Å². The molecule has 0 atom stereocenters. The van der Waals surface area contributed by atoms with Gasteiger partial charge in [0, 0.05) is 50.3 Å². The molecule has 2 saturated heterocycles. The molecule has 0 saturated carbocycles. The van der Waals surface area contributed by atoms with Crippen LogP contribution >= 0.6 is 11.3 Å². The molecule has 6 nitrogen and oxygen atoms in total. The number of nitrogens with zero attached hydrogens (tertiary/aromatic N) is 3. The van der Waals surface area contributed by atoms with Crippen molar-refractivity contribution < 1.29 is 13.2 Å². The van der Waals surface area contributed by atoms with E-state index in [1.807, 2.05) is 11.0 Å². The van der Waals surface area contributed by atoms with Gasteiger partial charge >= 0.3 is 0 Å². The van der Waals surface area contributed by atoms with Crippen molar-refractivity contribution in [1.82, 2.24) is 9.21 Å². The summed E-state index contributed by atoms with van der Waals surface area (Å²) in [6, 6.07) is 7.81. The molecule has 1 aromatic heterocycles. The van der Waals surface area contributed by atoms with Gasteiger partial charge in [-0.05, 0) is 56.4 Å². The zero-order valence-corrected chi connectivity index (χ0v) is 19.3. The molecule has 2 fully saturated rings. The lowest BCUT2D eigenvalue weighted by Crippen LogP contribution is -2.48. The summed E-state index contributed by atoms with van der Waals surface area (Å²) in [4.78, 5) is 16.8. The molecule has 0 bridgehead atoms. The topological polar surface area (TPSA) is 60.9 Å². The fourth-order valence-electron chi connectivity index (χ4n) is 4.22. The molecule has 30 heavy (non-hydrogen) atoms. The smallest absolute Gasteiger partial charge is 0.254 e. The van der Waals surface area contributed by atoms with E-state index in [9.17, 15) is 13.2 Å². The van der Waals surface area contributed by atoms with Crippen molar-refractivity contribution in [2.24, 2.45) is 0 Å². The van der Waals surface area contributed by atoms with E-state index < -0.39 is 10.0 Å². The van der Waals surface area contributed by atoms with Crippen LogP contribution in [0.15, 0.2) is 33.9 Å². The second-order valence-electron chi connectivity index (χ2n) is 8.12. The van der Waals surface area contributed by atoms with Crippen molar-refractivity contribution in [1.29, 1.82) is 0 Å². The summed E-state index contributed by atoms with van der Waals surface area (Å²) in [5.74, 6) is -0.0489. The van der Waals surface area contributed by atoms with Crippen LogP contribution in [0.4, 0.5) is 5.69 Å². The number of hydrogen-bond acceptors (Lipinski definition) is 5. The third kappa shape index (κ3) is 4.13. The number of aryl methyl sites for hydroxylation is 1. The van der Waals surface area contributed by atoms with Crippen LogP contribution in [0.2, 0.25) is 0 Å². The van der Waals surface area contributed by atoms with Crippen LogP contribution in [-0.2, 0) is 10.0 Å². The van der Waals surface area contributed by atoms with Crippen LogP contribution in [0, 0.1) is 13.8 Å². The molecule has 0 radical (unpaired) electrons. The van der Waals surface area contributed by atoms with Crippen LogP contribution in [0.3, 0.4) is 0 Å². The molecule has 2 aliphatic heterocycles. The average molecular weight is 448 g/mol. The summed E-state index contributed by atoms with van der Waals surface area (Å²) < 4.78 is 28.1. The highest BCUT2D eigenvalue weighted by Gasteiger charge is 2.31. The number of carbonyl (C=O) groups excluding carboxylic acids is 1. The SMILES string of the molecule is Cc1cccc(N2CCN(S(=O)(=O)c3cc(C(=O)N4CCCCC4)cs3)CC2)c1C. The van der Waals surface area contributed by atoms with Crippen LogP contribution in [-0.4, -0.2) is 62.8 Å². The molecule has 0 aliphatic carbocycles. The number of sulfonamides is 1. The predicted octanol–water partition coefficient (Wildman–Crippen LogP) is 3.50. The Morgan fingerprint density at radius 1 is 0.967 bits per heavy atom. The van der Waals surface area contributed by atoms with Crippen LogP contribution in [0.25, 0.3) is 0 Å². The third-order valence-corrected chi connectivity index (χ3v) is 9.53. The van der Waals surface area contributed by atoms with E-state index in [-0.39, 0.29) is 10.1 Å². The van der Waals surface area contributed by atoms with Crippen molar-refractivity contribution in [2.75, 3.05) is 44.2 Å². The number of benzene rings is 1. The Balaban J connectivity index is 1.44. The molecule has 3 heterocycles. The molecule has 0 unspecified atom stereocenters. The quantitative estimate of drug-likeness (QED) is 0.720. The predicted molar refractivity (Wildman–Crippen MR) is 121 cm³/mol. The van der Waals surface area contributed by atoms with Gasteiger partial charge in [-0.2, -0.15) is 4.31 Å². The summed E-state index contributed by atoms with van der Waals surface area (Å²) in [6.45, 7) is 7.95. The molecule has 4 rings (SSSR count). The molecule has 0 spiro atoms. The Bertz CT molecular complexity index is 1020. The van der Waals surface area contributed by atoms with Gasteiger partial charge < -0.3 is 9.80 Å². The number of likely N-dealkylation sites (tertiary alicyclic amines) is 1. The van der Waals surface area contributed by atoms with E-state index in [2.05, 4.69) is 30.9 Å². The Hall–Kier alpha value is -1.90. The highest BCUT2D eigenvalue weighted by atomic mass is 32.2. The molecule has 1 amide bonds. The van der Waals surface area contributed by atoms with Gasteiger partial charge in [0.2, 0.25) is 0 Å². The lowest BCUT2D eigenvalue weighted by Gasteiger charge is -2.36. The molecule has 1 aromatic carbocycles. The van der Waals surface area contributed by atoms with Gasteiger partial charge in [-0.1, -0.05) is 12.1 Å². The molecular weight excluding hydrogens is 418 g/mol. The standard InChI is InChI=1S/C22H29N3O3S2/c1-17-7-6-8-20(18(17)2)23-11-13-25(14-12-23)30(27,28)21-15-19(16-29-21)22(26)24-9-4-3-5-10-24/h6-8,15-16H,3-5,9-14H2,1-2H3. The highest BCUT2D eigenvalue weighted by Crippen LogP contribution is 2.28. The lowest BCUT2D eigenvalue weighted by atomic mass is 10.1. The van der Waals surface area contributed by atoms with Crippen molar-refractivity contribution in [3.05, 3.63) is 46.3 Å². The van der Waals surface area contributed by atoms with E-state index in [0.29, 0.717) is 31.7 Å². The Morgan fingerprint density at radius 3 is 2.37 bits per heavy atom. The number of thiophene rings is 1. The Kier molecular flexibility index (Phi) is 6.18. The van der Waals surface area contributed by atoms with E-state index in [1.54, 1.807) is 15.8 Å². The molecular formula is C22H29N3O3S2. The number of piperidine rings is 1. The monoisotopic (exact) mass is 447 g/mol. The maximum atomic E-state index is 13.2. The van der Waals surface area contributed by atoms with Gasteiger partial charge in [-0.3, -0.25) is 4.79 Å². The zero-order valence-electron chi connectivity index (χ0n) is 17.6. The summed E-state index contributed by atoms with van der Waals surface area (Å²) in [6.07, 6.45) is 3.19.